The average molecular weight is 355 g/mol. The third kappa shape index (κ3) is 7.71. The smallest absolute Gasteiger partial charge is 0.472 e. The summed E-state index contributed by atoms with van der Waals surface area (Å²) in [5.41, 5.74) is 0. The third-order valence-corrected chi connectivity index (χ3v) is 4.48. The summed E-state index contributed by atoms with van der Waals surface area (Å²) in [7, 11) is -4.50. The van der Waals surface area contributed by atoms with Crippen molar-refractivity contribution in [3.8, 4) is 0 Å². The summed E-state index contributed by atoms with van der Waals surface area (Å²) < 4.78 is 27.1. The summed E-state index contributed by atoms with van der Waals surface area (Å²) in [5, 5.41) is 20.8. The molecular weight excluding hydrogens is 329 g/mol. The number of aliphatic hydroxyl groups excluding tert-OH is 1. The van der Waals surface area contributed by atoms with E-state index in [1.807, 2.05) is 0 Å². The first-order valence-electron chi connectivity index (χ1n) is 7.74. The predicted molar refractivity (Wildman–Crippen MR) is 81.0 cm³/mol. The Labute approximate surface area is 135 Å². The van der Waals surface area contributed by atoms with Crippen LogP contribution in [0.25, 0.3) is 0 Å². The SMILES string of the molecule is CCCCCOC[C@H](CO)OP(=O)(O)OC1CCN[C@@H]1C(=O)O. The van der Waals surface area contributed by atoms with Gasteiger partial charge in [0.1, 0.15) is 12.1 Å². The van der Waals surface area contributed by atoms with Crippen molar-refractivity contribution < 1.29 is 38.3 Å². The fourth-order valence-corrected chi connectivity index (χ4v) is 3.33. The first-order chi connectivity index (χ1) is 10.9. The van der Waals surface area contributed by atoms with Crippen LogP contribution in [0.2, 0.25) is 0 Å². The lowest BCUT2D eigenvalue weighted by Crippen LogP contribution is -2.39. The first-order valence-corrected chi connectivity index (χ1v) is 9.23. The molecule has 0 radical (unpaired) electrons. The molecule has 0 aromatic carbocycles. The van der Waals surface area contributed by atoms with Gasteiger partial charge in [0.05, 0.1) is 19.3 Å². The van der Waals surface area contributed by atoms with Gasteiger partial charge in [-0.3, -0.25) is 13.8 Å². The van der Waals surface area contributed by atoms with Crippen molar-refractivity contribution in [2.75, 3.05) is 26.4 Å². The van der Waals surface area contributed by atoms with Crippen molar-refractivity contribution in [3.63, 3.8) is 0 Å². The molecule has 1 aliphatic rings. The minimum atomic E-state index is -4.50. The molecule has 2 unspecified atom stereocenters. The van der Waals surface area contributed by atoms with Crippen LogP contribution in [0, 0.1) is 0 Å². The van der Waals surface area contributed by atoms with Gasteiger partial charge in [0.15, 0.2) is 0 Å². The lowest BCUT2D eigenvalue weighted by molar-refractivity contribution is -0.141. The Morgan fingerprint density at radius 2 is 2.17 bits per heavy atom. The molecule has 0 spiro atoms. The number of aliphatic hydroxyl groups is 1. The Morgan fingerprint density at radius 3 is 2.78 bits per heavy atom. The summed E-state index contributed by atoms with van der Waals surface area (Å²) in [4.78, 5) is 20.7. The number of phosphoric ester groups is 1. The number of carboxylic acid groups (broad SMARTS) is 1. The van der Waals surface area contributed by atoms with E-state index in [-0.39, 0.29) is 13.0 Å². The van der Waals surface area contributed by atoms with Gasteiger partial charge in [-0.25, -0.2) is 4.57 Å². The largest absolute Gasteiger partial charge is 0.480 e. The van der Waals surface area contributed by atoms with Crippen molar-refractivity contribution >= 4 is 13.8 Å². The molecule has 1 aliphatic heterocycles. The first kappa shape index (κ1) is 20.5. The number of aliphatic carboxylic acids is 1. The topological polar surface area (TPSA) is 135 Å². The number of nitrogens with one attached hydrogen (secondary N) is 1. The van der Waals surface area contributed by atoms with Gasteiger partial charge in [-0.1, -0.05) is 19.8 Å². The highest BCUT2D eigenvalue weighted by molar-refractivity contribution is 7.47. The van der Waals surface area contributed by atoms with E-state index in [4.69, 9.17) is 18.9 Å². The van der Waals surface area contributed by atoms with Crippen LogP contribution in [0.15, 0.2) is 0 Å². The maximum Gasteiger partial charge on any atom is 0.472 e. The van der Waals surface area contributed by atoms with Crippen LogP contribution < -0.4 is 5.32 Å². The second-order valence-corrected chi connectivity index (χ2v) is 6.72. The van der Waals surface area contributed by atoms with Crippen LogP contribution in [0.1, 0.15) is 32.6 Å². The van der Waals surface area contributed by atoms with E-state index in [0.717, 1.165) is 19.3 Å². The normalized spacial score (nSPS) is 25.2. The summed E-state index contributed by atoms with van der Waals surface area (Å²) in [6.45, 7) is 2.34. The molecule has 0 aromatic rings. The Balaban J connectivity index is 2.41. The van der Waals surface area contributed by atoms with Crippen LogP contribution in [0.5, 0.6) is 0 Å². The Hall–Kier alpha value is -0.540. The fraction of sp³-hybridized carbons (Fsp3) is 0.923. The molecule has 0 amide bonds. The maximum atomic E-state index is 12.0. The van der Waals surface area contributed by atoms with Crippen molar-refractivity contribution in [2.45, 2.75) is 50.9 Å². The average Bonchev–Trinajstić information content (AvgIpc) is 2.93. The van der Waals surface area contributed by atoms with E-state index in [0.29, 0.717) is 13.2 Å². The predicted octanol–water partition coefficient (Wildman–Crippen LogP) is 0.503. The van der Waals surface area contributed by atoms with Crippen LogP contribution in [0.3, 0.4) is 0 Å². The molecule has 1 heterocycles. The maximum absolute atomic E-state index is 12.0. The lowest BCUT2D eigenvalue weighted by atomic mass is 10.2. The fourth-order valence-electron chi connectivity index (χ4n) is 2.21. The van der Waals surface area contributed by atoms with Crippen molar-refractivity contribution in [1.29, 1.82) is 0 Å². The summed E-state index contributed by atoms with van der Waals surface area (Å²) in [6.07, 6.45) is 1.22. The number of rotatable bonds is 12. The van der Waals surface area contributed by atoms with Gasteiger partial charge >= 0.3 is 13.8 Å². The highest BCUT2D eigenvalue weighted by Crippen LogP contribution is 2.47. The summed E-state index contributed by atoms with van der Waals surface area (Å²) >= 11 is 0. The van der Waals surface area contributed by atoms with Crippen LogP contribution in [0.4, 0.5) is 0 Å². The third-order valence-electron chi connectivity index (χ3n) is 3.38. The number of ether oxygens (including phenoxy) is 1. The summed E-state index contributed by atoms with van der Waals surface area (Å²) in [5.74, 6) is -1.16. The van der Waals surface area contributed by atoms with E-state index < -0.39 is 38.6 Å². The molecular formula is C13H26NO8P. The van der Waals surface area contributed by atoms with Gasteiger partial charge in [-0.05, 0) is 19.4 Å². The number of unbranched alkanes of at least 4 members (excludes halogenated alkanes) is 2. The highest BCUT2D eigenvalue weighted by Gasteiger charge is 2.39. The zero-order valence-electron chi connectivity index (χ0n) is 13.2. The lowest BCUT2D eigenvalue weighted by Gasteiger charge is -2.23. The molecule has 4 N–H and O–H groups in total. The zero-order valence-corrected chi connectivity index (χ0v) is 14.1. The van der Waals surface area contributed by atoms with Crippen LogP contribution >= 0.6 is 7.82 Å². The van der Waals surface area contributed by atoms with Crippen molar-refractivity contribution in [2.24, 2.45) is 0 Å². The van der Waals surface area contributed by atoms with E-state index in [9.17, 15) is 19.4 Å². The second kappa shape index (κ2) is 10.4. The van der Waals surface area contributed by atoms with Gasteiger partial charge in [0, 0.05) is 6.61 Å². The molecule has 0 aromatic heterocycles. The molecule has 0 saturated carbocycles. The van der Waals surface area contributed by atoms with Gasteiger partial charge in [-0.2, -0.15) is 0 Å². The molecule has 4 atom stereocenters. The molecule has 10 heteroatoms. The molecule has 1 fully saturated rings. The monoisotopic (exact) mass is 355 g/mol. The number of carbonyl (C=O) groups is 1. The quantitative estimate of drug-likeness (QED) is 0.291. The minimum Gasteiger partial charge on any atom is -0.480 e. The summed E-state index contributed by atoms with van der Waals surface area (Å²) in [6, 6.07) is -1.06. The molecule has 1 saturated heterocycles. The standard InChI is InChI=1S/C13H26NO8P/c1-2-3-4-7-20-9-10(8-15)21-23(18,19)22-11-5-6-14-12(11)13(16)17/h10-12,14-15H,2-9H2,1H3,(H,16,17)(H,18,19)/t10-,11?,12-/m0/s1. The number of carboxylic acids is 1. The second-order valence-electron chi connectivity index (χ2n) is 5.36. The minimum absolute atomic E-state index is 0.0423. The van der Waals surface area contributed by atoms with Gasteiger partial charge in [0.2, 0.25) is 0 Å². The van der Waals surface area contributed by atoms with Crippen LogP contribution in [-0.2, 0) is 23.1 Å². The van der Waals surface area contributed by atoms with E-state index >= 15 is 0 Å². The molecule has 23 heavy (non-hydrogen) atoms. The number of hydrogen-bond donors (Lipinski definition) is 4. The molecule has 0 aliphatic carbocycles. The van der Waals surface area contributed by atoms with Crippen molar-refractivity contribution in [3.05, 3.63) is 0 Å². The van der Waals surface area contributed by atoms with Gasteiger partial charge in [0.25, 0.3) is 0 Å². The molecule has 136 valence electrons. The van der Waals surface area contributed by atoms with E-state index in [1.54, 1.807) is 0 Å². The Kier molecular flexibility index (Phi) is 9.23. The number of hydrogen-bond acceptors (Lipinski definition) is 7. The van der Waals surface area contributed by atoms with E-state index in [2.05, 4.69) is 12.2 Å². The van der Waals surface area contributed by atoms with Gasteiger partial charge in [-0.15, -0.1) is 0 Å². The molecule has 1 rings (SSSR count). The molecule has 0 bridgehead atoms. The highest BCUT2D eigenvalue weighted by atomic mass is 31.2. The zero-order chi connectivity index (χ0) is 17.3. The van der Waals surface area contributed by atoms with E-state index in [1.165, 1.54) is 0 Å². The van der Waals surface area contributed by atoms with Crippen LogP contribution in [-0.4, -0.2) is 65.7 Å². The number of phosphoric acid groups is 1. The van der Waals surface area contributed by atoms with Gasteiger partial charge < -0.3 is 25.2 Å². The Morgan fingerprint density at radius 1 is 1.43 bits per heavy atom. The van der Waals surface area contributed by atoms with Crippen molar-refractivity contribution in [1.82, 2.24) is 5.32 Å². The molecule has 9 nitrogen and oxygen atoms in total. The Bertz CT molecular complexity index is 407.